The van der Waals surface area contributed by atoms with Crippen molar-refractivity contribution in [2.45, 2.75) is 26.3 Å². The largest absolute Gasteiger partial charge is 0.348 e. The van der Waals surface area contributed by atoms with E-state index in [4.69, 9.17) is 5.73 Å². The van der Waals surface area contributed by atoms with Crippen LogP contribution in [0, 0.1) is 16.0 Å². The summed E-state index contributed by atoms with van der Waals surface area (Å²) in [4.78, 5) is 26.9. The van der Waals surface area contributed by atoms with Gasteiger partial charge in [-0.25, -0.2) is 9.67 Å². The zero-order valence-electron chi connectivity index (χ0n) is 14.0. The van der Waals surface area contributed by atoms with Crippen LogP contribution in [0.1, 0.15) is 30.6 Å². The maximum atomic E-state index is 12.3. The molecule has 1 unspecified atom stereocenters. The maximum Gasteiger partial charge on any atom is 0.295 e. The van der Waals surface area contributed by atoms with E-state index >= 15 is 0 Å². The Morgan fingerprint density at radius 2 is 2.16 bits per heavy atom. The number of hydrogen-bond acceptors (Lipinski definition) is 6. The van der Waals surface area contributed by atoms with E-state index in [-0.39, 0.29) is 41.3 Å². The summed E-state index contributed by atoms with van der Waals surface area (Å²) in [6.07, 6.45) is 3.37. The molecule has 0 aliphatic rings. The molecule has 0 radical (unpaired) electrons. The van der Waals surface area contributed by atoms with Crippen LogP contribution in [0.2, 0.25) is 0 Å². The fourth-order valence-electron chi connectivity index (χ4n) is 2.39. The van der Waals surface area contributed by atoms with Gasteiger partial charge >= 0.3 is 0 Å². The van der Waals surface area contributed by atoms with Gasteiger partial charge in [-0.1, -0.05) is 13.8 Å². The second-order valence-corrected chi connectivity index (χ2v) is 5.84. The first-order valence-electron chi connectivity index (χ1n) is 7.56. The third-order valence-electron chi connectivity index (χ3n) is 3.48. The molecule has 1 aromatic heterocycles. The lowest BCUT2D eigenvalue weighted by molar-refractivity contribution is -0.384. The molecule has 1 heterocycles. The number of rotatable bonds is 7. The number of nitrogens with one attached hydrogen (secondary N) is 1. The van der Waals surface area contributed by atoms with E-state index in [1.807, 2.05) is 13.8 Å². The molecule has 25 heavy (non-hydrogen) atoms. The van der Waals surface area contributed by atoms with Gasteiger partial charge in [-0.3, -0.25) is 14.9 Å². The molecule has 1 aromatic carbocycles. The zero-order chi connectivity index (χ0) is 17.7. The van der Waals surface area contributed by atoms with Crippen LogP contribution in [0.3, 0.4) is 0 Å². The number of hydrogen-bond donors (Lipinski definition) is 2. The number of carbonyl (C=O) groups excluding carboxylic acids is 1. The molecule has 136 valence electrons. The van der Waals surface area contributed by atoms with E-state index in [1.54, 1.807) is 0 Å². The summed E-state index contributed by atoms with van der Waals surface area (Å²) in [5.41, 5.74) is 5.90. The molecule has 10 heteroatoms. The van der Waals surface area contributed by atoms with Crippen molar-refractivity contribution in [1.29, 1.82) is 0 Å². The average Bonchev–Trinajstić information content (AvgIpc) is 3.07. The van der Waals surface area contributed by atoms with Crippen LogP contribution in [0.15, 0.2) is 30.9 Å². The van der Waals surface area contributed by atoms with Gasteiger partial charge in [0.2, 0.25) is 0 Å². The number of nitrogens with two attached hydrogens (primary N) is 1. The number of nitro groups is 1. The summed E-state index contributed by atoms with van der Waals surface area (Å²) >= 11 is 0. The van der Waals surface area contributed by atoms with Gasteiger partial charge in [0.25, 0.3) is 11.6 Å². The van der Waals surface area contributed by atoms with Gasteiger partial charge in [0.15, 0.2) is 0 Å². The van der Waals surface area contributed by atoms with E-state index in [0.29, 0.717) is 12.5 Å². The highest BCUT2D eigenvalue weighted by Crippen LogP contribution is 2.23. The van der Waals surface area contributed by atoms with Crippen LogP contribution >= 0.6 is 12.4 Å². The minimum absolute atomic E-state index is 0. The highest BCUT2D eigenvalue weighted by Gasteiger charge is 2.21. The number of benzene rings is 1. The minimum atomic E-state index is -0.553. The fraction of sp³-hybridized carbons (Fsp3) is 0.400. The lowest BCUT2D eigenvalue weighted by Crippen LogP contribution is -2.41. The highest BCUT2D eigenvalue weighted by atomic mass is 35.5. The summed E-state index contributed by atoms with van der Waals surface area (Å²) in [5.74, 6) is -0.0118. The first kappa shape index (κ1) is 20.5. The van der Waals surface area contributed by atoms with Crippen molar-refractivity contribution in [1.82, 2.24) is 20.1 Å². The van der Waals surface area contributed by atoms with Crippen LogP contribution < -0.4 is 11.1 Å². The number of nitrogens with zero attached hydrogens (tertiary/aromatic N) is 4. The molecule has 3 N–H and O–H groups in total. The summed E-state index contributed by atoms with van der Waals surface area (Å²) < 4.78 is 1.28. The second-order valence-electron chi connectivity index (χ2n) is 5.84. The number of amides is 1. The lowest BCUT2D eigenvalue weighted by Gasteiger charge is -2.18. The van der Waals surface area contributed by atoms with Crippen molar-refractivity contribution in [2.24, 2.45) is 11.7 Å². The van der Waals surface area contributed by atoms with Gasteiger partial charge < -0.3 is 11.1 Å². The second kappa shape index (κ2) is 9.09. The van der Waals surface area contributed by atoms with Gasteiger partial charge in [-0.15, -0.1) is 12.4 Å². The van der Waals surface area contributed by atoms with Crippen LogP contribution in [0.5, 0.6) is 0 Å². The molecule has 0 saturated heterocycles. The Morgan fingerprint density at radius 3 is 2.68 bits per heavy atom. The molecule has 0 aliphatic carbocycles. The predicted octanol–water partition coefficient (Wildman–Crippen LogP) is 1.70. The Kier molecular flexibility index (Phi) is 7.46. The third-order valence-corrected chi connectivity index (χ3v) is 3.48. The Hall–Kier alpha value is -2.52. The summed E-state index contributed by atoms with van der Waals surface area (Å²) in [7, 11) is 0. The third kappa shape index (κ3) is 5.23. The summed E-state index contributed by atoms with van der Waals surface area (Å²) in [6.45, 7) is 4.38. The SMILES string of the molecule is CC(C)CC(CN)NC(=O)c1ccc(-n2cncn2)c([N+](=O)[O-])c1.Cl. The van der Waals surface area contributed by atoms with E-state index in [0.717, 1.165) is 6.42 Å². The zero-order valence-corrected chi connectivity index (χ0v) is 14.8. The summed E-state index contributed by atoms with van der Waals surface area (Å²) in [6, 6.07) is 4.05. The van der Waals surface area contributed by atoms with Crippen molar-refractivity contribution in [3.05, 3.63) is 46.5 Å². The normalized spacial score (nSPS) is 11.7. The Morgan fingerprint density at radius 1 is 1.44 bits per heavy atom. The van der Waals surface area contributed by atoms with Crippen LogP contribution in [-0.2, 0) is 0 Å². The predicted molar refractivity (Wildman–Crippen MR) is 95.0 cm³/mol. The summed E-state index contributed by atoms with van der Waals surface area (Å²) in [5, 5.41) is 18.0. The lowest BCUT2D eigenvalue weighted by atomic mass is 10.0. The Bertz CT molecular complexity index is 720. The molecule has 0 spiro atoms. The van der Waals surface area contributed by atoms with Gasteiger partial charge in [-0.2, -0.15) is 5.10 Å². The van der Waals surface area contributed by atoms with Crippen molar-refractivity contribution >= 4 is 24.0 Å². The molecule has 9 nitrogen and oxygen atoms in total. The molecular weight excluding hydrogens is 348 g/mol. The first-order valence-corrected chi connectivity index (χ1v) is 7.56. The molecule has 0 saturated carbocycles. The molecule has 0 bridgehead atoms. The van der Waals surface area contributed by atoms with Crippen LogP contribution in [0.4, 0.5) is 5.69 Å². The Labute approximate surface area is 151 Å². The number of halogens is 1. The molecule has 1 atom stereocenters. The average molecular weight is 369 g/mol. The van der Waals surface area contributed by atoms with Gasteiger partial charge in [0.05, 0.1) is 4.92 Å². The van der Waals surface area contributed by atoms with Gasteiger partial charge in [-0.05, 0) is 24.5 Å². The van der Waals surface area contributed by atoms with E-state index in [1.165, 1.54) is 35.5 Å². The van der Waals surface area contributed by atoms with Crippen LogP contribution in [0.25, 0.3) is 5.69 Å². The maximum absolute atomic E-state index is 12.3. The molecule has 2 aromatic rings. The topological polar surface area (TPSA) is 129 Å². The number of aromatic nitrogens is 3. The van der Waals surface area contributed by atoms with E-state index in [2.05, 4.69) is 15.4 Å². The molecule has 1 amide bonds. The van der Waals surface area contributed by atoms with Gasteiger partial charge in [0.1, 0.15) is 18.3 Å². The van der Waals surface area contributed by atoms with Crippen LogP contribution in [-0.4, -0.2) is 38.2 Å². The van der Waals surface area contributed by atoms with E-state index in [9.17, 15) is 14.9 Å². The van der Waals surface area contributed by atoms with Crippen molar-refractivity contribution < 1.29 is 9.72 Å². The first-order chi connectivity index (χ1) is 11.4. The van der Waals surface area contributed by atoms with Crippen molar-refractivity contribution in [3.8, 4) is 5.69 Å². The molecule has 2 rings (SSSR count). The smallest absolute Gasteiger partial charge is 0.295 e. The van der Waals surface area contributed by atoms with Gasteiger partial charge in [0, 0.05) is 24.2 Å². The molecule has 0 aliphatic heterocycles. The number of nitro benzene ring substituents is 1. The standard InChI is InChI=1S/C15H20N6O3.ClH/c1-10(2)5-12(7-16)19-15(22)11-3-4-13(14(6-11)21(23)24)20-9-17-8-18-20;/h3-4,6,8-10,12H,5,7,16H2,1-2H3,(H,19,22);1H. The molecule has 0 fully saturated rings. The van der Waals surface area contributed by atoms with E-state index < -0.39 is 4.92 Å². The number of carbonyl (C=O) groups is 1. The fourth-order valence-corrected chi connectivity index (χ4v) is 2.39. The van der Waals surface area contributed by atoms with Crippen molar-refractivity contribution in [3.63, 3.8) is 0 Å². The Balaban J connectivity index is 0.00000312. The highest BCUT2D eigenvalue weighted by molar-refractivity contribution is 5.95. The minimum Gasteiger partial charge on any atom is -0.348 e. The quantitative estimate of drug-likeness (QED) is 0.565. The molecular formula is C15H21ClN6O3. The van der Waals surface area contributed by atoms with Crippen molar-refractivity contribution in [2.75, 3.05) is 6.54 Å². The monoisotopic (exact) mass is 368 g/mol.